The number of carbonyl (C=O) groups is 1. The van der Waals surface area contributed by atoms with Crippen LogP contribution >= 0.6 is 0 Å². The minimum atomic E-state index is -4.02. The van der Waals surface area contributed by atoms with Crippen LogP contribution in [0.1, 0.15) is 17.5 Å². The largest absolute Gasteiger partial charge is 0.461 e. The summed E-state index contributed by atoms with van der Waals surface area (Å²) >= 11 is 0. The first kappa shape index (κ1) is 19.8. The summed E-state index contributed by atoms with van der Waals surface area (Å²) in [7, 11) is -4.02. The first-order valence-corrected chi connectivity index (χ1v) is 8.70. The zero-order valence-electron chi connectivity index (χ0n) is 13.4. The van der Waals surface area contributed by atoms with Gasteiger partial charge in [0, 0.05) is 6.54 Å². The van der Waals surface area contributed by atoms with Crippen LogP contribution < -0.4 is 5.73 Å². The van der Waals surface area contributed by atoms with E-state index in [0.717, 1.165) is 11.1 Å². The van der Waals surface area contributed by atoms with E-state index in [1.807, 2.05) is 37.3 Å². The van der Waals surface area contributed by atoms with Crippen molar-refractivity contribution in [2.75, 3.05) is 6.54 Å². The van der Waals surface area contributed by atoms with Crippen LogP contribution in [0.3, 0.4) is 0 Å². The second kappa shape index (κ2) is 9.82. The summed E-state index contributed by atoms with van der Waals surface area (Å²) in [5, 5.41) is 0. The summed E-state index contributed by atoms with van der Waals surface area (Å²) in [4.78, 5) is 10.8. The maximum absolute atomic E-state index is 10.9. The molecule has 0 atom stereocenters. The van der Waals surface area contributed by atoms with Crippen molar-refractivity contribution < 1.29 is 22.5 Å². The zero-order valence-corrected chi connectivity index (χ0v) is 14.2. The van der Waals surface area contributed by atoms with Crippen LogP contribution in [0.4, 0.5) is 0 Å². The third-order valence-corrected chi connectivity index (χ3v) is 3.78. The molecule has 0 saturated heterocycles. The maximum atomic E-state index is 10.9. The van der Waals surface area contributed by atoms with Crippen molar-refractivity contribution in [2.45, 2.75) is 24.8 Å². The molecule has 0 aliphatic carbocycles. The predicted octanol–water partition coefficient (Wildman–Crippen LogP) is 2.32. The Labute approximate surface area is 142 Å². The van der Waals surface area contributed by atoms with Gasteiger partial charge in [0.1, 0.15) is 6.61 Å². The topological polar surface area (TPSA) is 107 Å². The fourth-order valence-corrected chi connectivity index (χ4v) is 2.12. The third kappa shape index (κ3) is 7.87. The van der Waals surface area contributed by atoms with Gasteiger partial charge in [-0.05, 0) is 24.6 Å². The Hall–Kier alpha value is -2.22. The first-order chi connectivity index (χ1) is 11.3. The summed E-state index contributed by atoms with van der Waals surface area (Å²) in [6.07, 6.45) is 0.285. The normalized spacial score (nSPS) is 10.5. The fourth-order valence-electron chi connectivity index (χ4n) is 1.64. The molecule has 0 radical (unpaired) electrons. The standard InChI is InChI=1S/C10H13NO2.C7H8O3S/c11-7-6-10(12)13-8-9-4-2-1-3-5-9;1-6-2-4-7(5-3-6)11(8,9)10/h1-5H,6-8,11H2;2-5H,1H3,(H,8,9,10)/i11+1;. The molecule has 3 N–H and O–H groups in total. The van der Waals surface area contributed by atoms with Crippen molar-refractivity contribution >= 4 is 16.1 Å². The summed E-state index contributed by atoms with van der Waals surface area (Å²) in [5.41, 5.74) is 7.15. The van der Waals surface area contributed by atoms with E-state index in [9.17, 15) is 13.2 Å². The molecular formula is C17H21NO5S. The van der Waals surface area contributed by atoms with Crippen LogP contribution in [0.25, 0.3) is 0 Å². The first-order valence-electron chi connectivity index (χ1n) is 7.26. The van der Waals surface area contributed by atoms with E-state index >= 15 is 0 Å². The molecule has 0 heterocycles. The number of esters is 1. The SMILES string of the molecule is Cc1ccc(S(=O)(=O)O)cc1.[15NH2]CCC(=O)OCc1ccccc1. The molecule has 0 bridgehead atoms. The molecule has 0 saturated carbocycles. The molecule has 0 aromatic heterocycles. The van der Waals surface area contributed by atoms with E-state index in [1.54, 1.807) is 12.1 Å². The number of hydrogen-bond acceptors (Lipinski definition) is 5. The molecule has 2 aromatic rings. The molecule has 0 amide bonds. The van der Waals surface area contributed by atoms with Gasteiger partial charge in [-0.2, -0.15) is 8.42 Å². The lowest BCUT2D eigenvalue weighted by Crippen LogP contribution is -2.10. The van der Waals surface area contributed by atoms with Crippen molar-refractivity contribution in [3.05, 3.63) is 65.7 Å². The van der Waals surface area contributed by atoms with Crippen molar-refractivity contribution in [1.82, 2.24) is 0 Å². The summed E-state index contributed by atoms with van der Waals surface area (Å²) < 4.78 is 34.5. The molecular weight excluding hydrogens is 331 g/mol. The number of nitrogens with two attached hydrogens (primary N) is 1. The summed E-state index contributed by atoms with van der Waals surface area (Å²) in [6, 6.07) is 15.6. The minimum Gasteiger partial charge on any atom is -0.461 e. The van der Waals surface area contributed by atoms with Crippen LogP contribution in [-0.2, 0) is 26.3 Å². The van der Waals surface area contributed by atoms with Crippen LogP contribution in [0.2, 0.25) is 0 Å². The average Bonchev–Trinajstić information content (AvgIpc) is 2.54. The maximum Gasteiger partial charge on any atom is 0.307 e. The van der Waals surface area contributed by atoms with Crippen molar-refractivity contribution in [1.29, 1.82) is 0 Å². The second-order valence-corrected chi connectivity index (χ2v) is 6.39. The highest BCUT2D eigenvalue weighted by atomic mass is 32.2. The number of rotatable bonds is 5. The number of benzene rings is 2. The second-order valence-electron chi connectivity index (χ2n) is 4.97. The lowest BCUT2D eigenvalue weighted by atomic mass is 10.2. The van der Waals surface area contributed by atoms with Crippen LogP contribution in [-0.4, -0.2) is 25.5 Å². The van der Waals surface area contributed by atoms with Crippen molar-refractivity contribution in [3.63, 3.8) is 0 Å². The summed E-state index contributed by atoms with van der Waals surface area (Å²) in [5.74, 6) is -0.244. The van der Waals surface area contributed by atoms with Gasteiger partial charge in [0.05, 0.1) is 11.3 Å². The number of hydrogen-bond donors (Lipinski definition) is 2. The van der Waals surface area contributed by atoms with Gasteiger partial charge >= 0.3 is 5.97 Å². The average molecular weight is 352 g/mol. The molecule has 24 heavy (non-hydrogen) atoms. The molecule has 0 spiro atoms. The zero-order chi connectivity index (χ0) is 18.0. The molecule has 0 aliphatic heterocycles. The Bertz CT molecular complexity index is 727. The molecule has 0 fully saturated rings. The van der Waals surface area contributed by atoms with Gasteiger partial charge < -0.3 is 10.5 Å². The molecule has 0 unspecified atom stereocenters. The van der Waals surface area contributed by atoms with Crippen LogP contribution in [0.5, 0.6) is 0 Å². The van der Waals surface area contributed by atoms with Crippen molar-refractivity contribution in [3.8, 4) is 0 Å². The van der Waals surface area contributed by atoms with Gasteiger partial charge in [-0.3, -0.25) is 9.35 Å². The summed E-state index contributed by atoms with van der Waals surface area (Å²) in [6.45, 7) is 2.51. The fraction of sp³-hybridized carbons (Fsp3) is 0.235. The van der Waals surface area contributed by atoms with Crippen molar-refractivity contribution in [2.24, 2.45) is 5.73 Å². The number of ether oxygens (including phenoxy) is 1. The monoisotopic (exact) mass is 352 g/mol. The minimum absolute atomic E-state index is 0.0666. The van der Waals surface area contributed by atoms with Crippen LogP contribution in [0, 0.1) is 6.92 Å². The van der Waals surface area contributed by atoms with E-state index in [4.69, 9.17) is 15.0 Å². The van der Waals surface area contributed by atoms with E-state index in [2.05, 4.69) is 0 Å². The molecule has 7 heteroatoms. The van der Waals surface area contributed by atoms with Crippen LogP contribution in [0.15, 0.2) is 59.5 Å². The van der Waals surface area contributed by atoms with Gasteiger partial charge in [0.25, 0.3) is 10.1 Å². The van der Waals surface area contributed by atoms with Gasteiger partial charge in [-0.1, -0.05) is 48.0 Å². The molecule has 2 aromatic carbocycles. The van der Waals surface area contributed by atoms with Gasteiger partial charge in [-0.15, -0.1) is 0 Å². The van der Waals surface area contributed by atoms with E-state index < -0.39 is 10.1 Å². The van der Waals surface area contributed by atoms with E-state index in [-0.39, 0.29) is 17.3 Å². The highest BCUT2D eigenvalue weighted by Gasteiger charge is 2.06. The number of carbonyl (C=O) groups excluding carboxylic acids is 1. The lowest BCUT2D eigenvalue weighted by Gasteiger charge is -2.02. The van der Waals surface area contributed by atoms with Gasteiger partial charge in [0.2, 0.25) is 0 Å². The Kier molecular flexibility index (Phi) is 8.11. The Morgan fingerprint density at radius 1 is 1.08 bits per heavy atom. The quantitative estimate of drug-likeness (QED) is 0.486. The highest BCUT2D eigenvalue weighted by molar-refractivity contribution is 7.85. The molecule has 2 rings (SSSR count). The highest BCUT2D eigenvalue weighted by Crippen LogP contribution is 2.08. The smallest absolute Gasteiger partial charge is 0.307 e. The Balaban J connectivity index is 0.000000243. The Morgan fingerprint density at radius 2 is 1.67 bits per heavy atom. The lowest BCUT2D eigenvalue weighted by molar-refractivity contribution is -0.144. The Morgan fingerprint density at radius 3 is 2.17 bits per heavy atom. The van der Waals surface area contributed by atoms with E-state index in [1.165, 1.54) is 12.1 Å². The third-order valence-electron chi connectivity index (χ3n) is 2.91. The number of aryl methyl sites for hydroxylation is 1. The molecule has 130 valence electrons. The van der Waals surface area contributed by atoms with Gasteiger partial charge in [-0.25, -0.2) is 0 Å². The molecule has 6 nitrogen and oxygen atoms in total. The molecule has 0 aliphatic rings. The van der Waals surface area contributed by atoms with E-state index in [0.29, 0.717) is 13.2 Å². The predicted molar refractivity (Wildman–Crippen MR) is 90.9 cm³/mol. The van der Waals surface area contributed by atoms with Gasteiger partial charge in [0.15, 0.2) is 0 Å².